The highest BCUT2D eigenvalue weighted by molar-refractivity contribution is 5.28. The molecule has 0 saturated carbocycles. The molecule has 3 heteroatoms. The van der Waals surface area contributed by atoms with Crippen LogP contribution in [0.4, 0.5) is 0 Å². The van der Waals surface area contributed by atoms with Gasteiger partial charge in [-0.1, -0.05) is 37.3 Å². The molecule has 0 bridgehead atoms. The van der Waals surface area contributed by atoms with E-state index in [2.05, 4.69) is 47.6 Å². The van der Waals surface area contributed by atoms with Gasteiger partial charge in [-0.05, 0) is 37.1 Å². The van der Waals surface area contributed by atoms with Crippen molar-refractivity contribution in [3.05, 3.63) is 59.9 Å². The Morgan fingerprint density at radius 3 is 2.65 bits per heavy atom. The highest BCUT2D eigenvalue weighted by Crippen LogP contribution is 2.21. The lowest BCUT2D eigenvalue weighted by molar-refractivity contribution is 0.338. The quantitative estimate of drug-likeness (QED) is 0.837. The first-order chi connectivity index (χ1) is 9.83. The van der Waals surface area contributed by atoms with Crippen molar-refractivity contribution in [2.75, 3.05) is 13.2 Å². The number of rotatable bonds is 7. The molecule has 2 aromatic rings. The second-order valence-corrected chi connectivity index (χ2v) is 4.69. The highest BCUT2D eigenvalue weighted by Gasteiger charge is 2.12. The second kappa shape index (κ2) is 7.65. The van der Waals surface area contributed by atoms with Gasteiger partial charge in [-0.25, -0.2) is 0 Å². The molecule has 1 atom stereocenters. The molecule has 1 heterocycles. The number of ether oxygens (including phenoxy) is 1. The molecule has 0 aliphatic heterocycles. The standard InChI is InChI=1S/C17H22N2O/c1-3-19-17(10-14-8-6-5-7-9-14)15-11-16(20-4-2)13-18-12-15/h5-9,11-13,17,19H,3-4,10H2,1-2H3. The largest absolute Gasteiger partial charge is 0.492 e. The Kier molecular flexibility index (Phi) is 5.56. The van der Waals surface area contributed by atoms with Crippen molar-refractivity contribution in [3.63, 3.8) is 0 Å². The summed E-state index contributed by atoms with van der Waals surface area (Å²) in [5.41, 5.74) is 2.49. The van der Waals surface area contributed by atoms with Gasteiger partial charge in [-0.15, -0.1) is 0 Å². The Morgan fingerprint density at radius 2 is 1.95 bits per heavy atom. The number of hydrogen-bond donors (Lipinski definition) is 1. The average molecular weight is 270 g/mol. The van der Waals surface area contributed by atoms with Gasteiger partial charge in [0.05, 0.1) is 12.8 Å². The normalized spacial score (nSPS) is 12.1. The van der Waals surface area contributed by atoms with Crippen molar-refractivity contribution in [3.8, 4) is 5.75 Å². The van der Waals surface area contributed by atoms with Crippen molar-refractivity contribution in [1.82, 2.24) is 10.3 Å². The number of nitrogens with zero attached hydrogens (tertiary/aromatic N) is 1. The van der Waals surface area contributed by atoms with Gasteiger partial charge in [-0.3, -0.25) is 4.98 Å². The maximum atomic E-state index is 5.53. The first-order valence-electron chi connectivity index (χ1n) is 7.18. The molecule has 106 valence electrons. The molecule has 0 saturated heterocycles. The third-order valence-corrected chi connectivity index (χ3v) is 3.18. The van der Waals surface area contributed by atoms with Crippen LogP contribution in [0.15, 0.2) is 48.8 Å². The minimum absolute atomic E-state index is 0.260. The summed E-state index contributed by atoms with van der Waals surface area (Å²) in [5, 5.41) is 3.52. The molecule has 1 aromatic heterocycles. The van der Waals surface area contributed by atoms with Crippen molar-refractivity contribution in [2.24, 2.45) is 0 Å². The maximum Gasteiger partial charge on any atom is 0.137 e. The number of benzene rings is 1. The number of pyridine rings is 1. The van der Waals surface area contributed by atoms with Crippen LogP contribution in [-0.2, 0) is 6.42 Å². The summed E-state index contributed by atoms with van der Waals surface area (Å²) in [5.74, 6) is 0.834. The van der Waals surface area contributed by atoms with E-state index in [1.54, 1.807) is 6.20 Å². The fourth-order valence-electron chi connectivity index (χ4n) is 2.28. The van der Waals surface area contributed by atoms with Crippen molar-refractivity contribution < 1.29 is 4.74 Å². The monoisotopic (exact) mass is 270 g/mol. The van der Waals surface area contributed by atoms with E-state index >= 15 is 0 Å². The molecule has 20 heavy (non-hydrogen) atoms. The SMILES string of the molecule is CCNC(Cc1ccccc1)c1cncc(OCC)c1. The molecule has 0 radical (unpaired) electrons. The van der Waals surface area contributed by atoms with Gasteiger partial charge in [0.25, 0.3) is 0 Å². The lowest BCUT2D eigenvalue weighted by Gasteiger charge is -2.19. The van der Waals surface area contributed by atoms with Gasteiger partial charge in [0.1, 0.15) is 5.75 Å². The molecule has 1 unspecified atom stereocenters. The van der Waals surface area contributed by atoms with Crippen LogP contribution in [0, 0.1) is 0 Å². The molecule has 1 aromatic carbocycles. The van der Waals surface area contributed by atoms with E-state index in [4.69, 9.17) is 4.74 Å². The van der Waals surface area contributed by atoms with Gasteiger partial charge >= 0.3 is 0 Å². The summed E-state index contributed by atoms with van der Waals surface area (Å²) in [6, 6.07) is 12.8. The molecule has 0 spiro atoms. The van der Waals surface area contributed by atoms with Crippen molar-refractivity contribution >= 4 is 0 Å². The predicted molar refractivity (Wildman–Crippen MR) is 82.0 cm³/mol. The summed E-state index contributed by atoms with van der Waals surface area (Å²) in [6.07, 6.45) is 4.63. The topological polar surface area (TPSA) is 34.2 Å². The van der Waals surface area contributed by atoms with E-state index in [1.165, 1.54) is 11.1 Å². The Hall–Kier alpha value is -1.87. The lowest BCUT2D eigenvalue weighted by Crippen LogP contribution is -2.23. The molecule has 0 amide bonds. The number of hydrogen-bond acceptors (Lipinski definition) is 3. The highest BCUT2D eigenvalue weighted by atomic mass is 16.5. The minimum Gasteiger partial charge on any atom is -0.492 e. The molecular weight excluding hydrogens is 248 g/mol. The fraction of sp³-hybridized carbons (Fsp3) is 0.353. The van der Waals surface area contributed by atoms with Crippen LogP contribution in [0.1, 0.15) is 31.0 Å². The van der Waals surface area contributed by atoms with E-state index < -0.39 is 0 Å². The summed E-state index contributed by atoms with van der Waals surface area (Å²) >= 11 is 0. The molecule has 3 nitrogen and oxygen atoms in total. The Bertz CT molecular complexity index is 513. The zero-order valence-electron chi connectivity index (χ0n) is 12.2. The number of likely N-dealkylation sites (N-methyl/N-ethyl adjacent to an activating group) is 1. The minimum atomic E-state index is 0.260. The van der Waals surface area contributed by atoms with Crippen LogP contribution in [0.5, 0.6) is 5.75 Å². The van der Waals surface area contributed by atoms with Crippen LogP contribution in [0.2, 0.25) is 0 Å². The fourth-order valence-corrected chi connectivity index (χ4v) is 2.28. The van der Waals surface area contributed by atoms with E-state index in [-0.39, 0.29) is 6.04 Å². The smallest absolute Gasteiger partial charge is 0.137 e. The Morgan fingerprint density at radius 1 is 1.15 bits per heavy atom. The van der Waals surface area contributed by atoms with Crippen LogP contribution >= 0.6 is 0 Å². The third-order valence-electron chi connectivity index (χ3n) is 3.18. The van der Waals surface area contributed by atoms with Gasteiger partial charge in [0.2, 0.25) is 0 Å². The lowest BCUT2D eigenvalue weighted by atomic mass is 10.00. The number of aromatic nitrogens is 1. The van der Waals surface area contributed by atoms with Gasteiger partial charge in [0.15, 0.2) is 0 Å². The third kappa shape index (κ3) is 4.07. The van der Waals surface area contributed by atoms with Gasteiger partial charge < -0.3 is 10.1 Å². The van der Waals surface area contributed by atoms with Gasteiger partial charge in [-0.2, -0.15) is 0 Å². The number of nitrogens with one attached hydrogen (secondary N) is 1. The molecule has 0 fully saturated rings. The average Bonchev–Trinajstić information content (AvgIpc) is 2.49. The molecule has 1 N–H and O–H groups in total. The van der Waals surface area contributed by atoms with Crippen LogP contribution in [-0.4, -0.2) is 18.1 Å². The second-order valence-electron chi connectivity index (χ2n) is 4.69. The van der Waals surface area contributed by atoms with Crippen LogP contribution < -0.4 is 10.1 Å². The Labute approximate surface area is 121 Å². The van der Waals surface area contributed by atoms with E-state index in [1.807, 2.05) is 19.2 Å². The first-order valence-corrected chi connectivity index (χ1v) is 7.18. The molecule has 2 rings (SSSR count). The zero-order chi connectivity index (χ0) is 14.2. The van der Waals surface area contributed by atoms with Crippen molar-refractivity contribution in [1.29, 1.82) is 0 Å². The predicted octanol–water partition coefficient (Wildman–Crippen LogP) is 3.37. The van der Waals surface area contributed by atoms with E-state index in [9.17, 15) is 0 Å². The molecule has 0 aliphatic rings. The summed E-state index contributed by atoms with van der Waals surface area (Å²) < 4.78 is 5.53. The van der Waals surface area contributed by atoms with Crippen molar-refractivity contribution in [2.45, 2.75) is 26.3 Å². The Balaban J connectivity index is 2.17. The summed E-state index contributed by atoms with van der Waals surface area (Å²) in [7, 11) is 0. The molecule has 0 aliphatic carbocycles. The maximum absolute atomic E-state index is 5.53. The zero-order valence-corrected chi connectivity index (χ0v) is 12.2. The van der Waals surface area contributed by atoms with Crippen LogP contribution in [0.3, 0.4) is 0 Å². The first kappa shape index (κ1) is 14.5. The summed E-state index contributed by atoms with van der Waals surface area (Å²) in [4.78, 5) is 4.28. The van der Waals surface area contributed by atoms with E-state index in [0.717, 1.165) is 18.7 Å². The molecular formula is C17H22N2O. The van der Waals surface area contributed by atoms with Gasteiger partial charge in [0, 0.05) is 12.2 Å². The summed E-state index contributed by atoms with van der Waals surface area (Å²) in [6.45, 7) is 5.70. The van der Waals surface area contributed by atoms with Crippen LogP contribution in [0.25, 0.3) is 0 Å². The van der Waals surface area contributed by atoms with E-state index in [0.29, 0.717) is 6.61 Å².